The lowest BCUT2D eigenvalue weighted by Gasteiger charge is -2.09. The molecule has 0 amide bonds. The lowest BCUT2D eigenvalue weighted by Crippen LogP contribution is -2.16. The molecule has 7 heteroatoms. The number of benzene rings is 1. The third kappa shape index (κ3) is 3.33. The van der Waals surface area contributed by atoms with E-state index >= 15 is 0 Å². The van der Waals surface area contributed by atoms with Gasteiger partial charge < -0.3 is 4.74 Å². The molecule has 2 heterocycles. The molecule has 0 aliphatic heterocycles. The Morgan fingerprint density at radius 1 is 1.23 bits per heavy atom. The van der Waals surface area contributed by atoms with E-state index in [-0.39, 0.29) is 17.2 Å². The number of carbonyl (C=O) groups excluding carboxylic acids is 2. The number of fused-ring (bicyclic) bond motifs is 1. The number of ether oxygens (including phenoxy) is 1. The standard InChI is InChI=1S/C19H18FN3O3/c1-11(2)23-18-15(9-21-23)14(8-12(3)22-18)19(25)26-10-17(24)13-6-4-5-7-16(13)20/h4-9,11H,10H2,1-3H3. The largest absolute Gasteiger partial charge is 0.454 e. The molecule has 0 N–H and O–H groups in total. The van der Waals surface area contributed by atoms with Crippen molar-refractivity contribution in [2.45, 2.75) is 26.8 Å². The van der Waals surface area contributed by atoms with Gasteiger partial charge in [-0.1, -0.05) is 12.1 Å². The van der Waals surface area contributed by atoms with Crippen molar-refractivity contribution in [2.24, 2.45) is 0 Å². The zero-order valence-corrected chi connectivity index (χ0v) is 14.7. The fourth-order valence-electron chi connectivity index (χ4n) is 2.66. The number of Topliss-reactive ketones (excluding diaryl/α,β-unsaturated/α-hetero) is 1. The molecule has 0 spiro atoms. The van der Waals surface area contributed by atoms with Crippen molar-refractivity contribution < 1.29 is 18.7 Å². The molecule has 134 valence electrons. The second-order valence-electron chi connectivity index (χ2n) is 6.21. The Morgan fingerprint density at radius 3 is 2.65 bits per heavy atom. The molecule has 6 nitrogen and oxygen atoms in total. The summed E-state index contributed by atoms with van der Waals surface area (Å²) in [5, 5.41) is 4.81. The van der Waals surface area contributed by atoms with E-state index in [1.54, 1.807) is 29.9 Å². The second-order valence-corrected chi connectivity index (χ2v) is 6.21. The van der Waals surface area contributed by atoms with Crippen LogP contribution in [0, 0.1) is 12.7 Å². The van der Waals surface area contributed by atoms with Crippen LogP contribution in [-0.2, 0) is 4.74 Å². The average molecular weight is 355 g/mol. The van der Waals surface area contributed by atoms with Crippen molar-refractivity contribution in [3.63, 3.8) is 0 Å². The van der Waals surface area contributed by atoms with E-state index in [1.165, 1.54) is 18.2 Å². The van der Waals surface area contributed by atoms with E-state index < -0.39 is 24.2 Å². The highest BCUT2D eigenvalue weighted by atomic mass is 19.1. The molecular formula is C19H18FN3O3. The van der Waals surface area contributed by atoms with Gasteiger partial charge in [-0.15, -0.1) is 0 Å². The highest BCUT2D eigenvalue weighted by Gasteiger charge is 2.20. The normalized spacial score (nSPS) is 11.1. The van der Waals surface area contributed by atoms with Gasteiger partial charge >= 0.3 is 5.97 Å². The predicted octanol–water partition coefficient (Wildman–Crippen LogP) is 3.50. The van der Waals surface area contributed by atoms with E-state index in [1.807, 2.05) is 13.8 Å². The number of rotatable bonds is 5. The number of ketones is 1. The monoisotopic (exact) mass is 355 g/mol. The topological polar surface area (TPSA) is 74.1 Å². The van der Waals surface area contributed by atoms with Crippen LogP contribution in [0.3, 0.4) is 0 Å². The molecule has 0 fully saturated rings. The van der Waals surface area contributed by atoms with Crippen LogP contribution in [0.5, 0.6) is 0 Å². The third-order valence-electron chi connectivity index (χ3n) is 3.91. The second kappa shape index (κ2) is 7.03. The fraction of sp³-hybridized carbons (Fsp3) is 0.263. The summed E-state index contributed by atoms with van der Waals surface area (Å²) < 4.78 is 20.5. The SMILES string of the molecule is Cc1cc(C(=O)OCC(=O)c2ccccc2F)c2cnn(C(C)C)c2n1. The summed E-state index contributed by atoms with van der Waals surface area (Å²) in [6.45, 7) is 5.14. The molecule has 0 bridgehead atoms. The third-order valence-corrected chi connectivity index (χ3v) is 3.91. The molecule has 0 aliphatic carbocycles. The van der Waals surface area contributed by atoms with E-state index in [4.69, 9.17) is 4.74 Å². The van der Waals surface area contributed by atoms with Gasteiger partial charge in [-0.25, -0.2) is 18.9 Å². The Labute approximate surface area is 149 Å². The maximum absolute atomic E-state index is 13.6. The first-order valence-electron chi connectivity index (χ1n) is 8.18. The molecule has 3 rings (SSSR count). The van der Waals surface area contributed by atoms with Crippen molar-refractivity contribution in [3.8, 4) is 0 Å². The number of halogens is 1. The minimum atomic E-state index is -0.673. The Bertz CT molecular complexity index is 995. The van der Waals surface area contributed by atoms with Gasteiger partial charge in [0, 0.05) is 11.7 Å². The molecule has 0 saturated heterocycles. The van der Waals surface area contributed by atoms with Crippen LogP contribution in [-0.4, -0.2) is 33.1 Å². The zero-order chi connectivity index (χ0) is 18.8. The summed E-state index contributed by atoms with van der Waals surface area (Å²) in [6, 6.07) is 7.24. The van der Waals surface area contributed by atoms with Crippen LogP contribution >= 0.6 is 0 Å². The van der Waals surface area contributed by atoms with Crippen LogP contribution in [0.1, 0.15) is 46.3 Å². The van der Waals surface area contributed by atoms with Crippen molar-refractivity contribution in [1.82, 2.24) is 14.8 Å². The molecule has 0 atom stereocenters. The minimum Gasteiger partial charge on any atom is -0.454 e. The van der Waals surface area contributed by atoms with Crippen molar-refractivity contribution in [2.75, 3.05) is 6.61 Å². The molecule has 0 radical (unpaired) electrons. The molecule has 3 aromatic rings. The maximum atomic E-state index is 13.6. The Balaban J connectivity index is 1.84. The number of nitrogens with zero attached hydrogens (tertiary/aromatic N) is 3. The number of aromatic nitrogens is 3. The van der Waals surface area contributed by atoms with Gasteiger partial charge in [0.05, 0.1) is 22.7 Å². The van der Waals surface area contributed by atoms with Gasteiger partial charge in [0.15, 0.2) is 12.3 Å². The summed E-state index contributed by atoms with van der Waals surface area (Å²) in [4.78, 5) is 29.0. The smallest absolute Gasteiger partial charge is 0.339 e. The van der Waals surface area contributed by atoms with Crippen molar-refractivity contribution in [1.29, 1.82) is 0 Å². The zero-order valence-electron chi connectivity index (χ0n) is 14.7. The minimum absolute atomic E-state index is 0.0771. The molecule has 0 aliphatic rings. The van der Waals surface area contributed by atoms with Crippen LogP contribution in [0.4, 0.5) is 4.39 Å². The molecule has 2 aromatic heterocycles. The van der Waals surface area contributed by atoms with E-state index in [0.717, 1.165) is 0 Å². The predicted molar refractivity (Wildman–Crippen MR) is 93.7 cm³/mol. The highest BCUT2D eigenvalue weighted by Crippen LogP contribution is 2.21. The van der Waals surface area contributed by atoms with Gasteiger partial charge in [0.2, 0.25) is 5.78 Å². The van der Waals surface area contributed by atoms with Crippen LogP contribution in [0.15, 0.2) is 36.5 Å². The lowest BCUT2D eigenvalue weighted by molar-refractivity contribution is 0.0475. The van der Waals surface area contributed by atoms with Crippen LogP contribution in [0.25, 0.3) is 11.0 Å². The Morgan fingerprint density at radius 2 is 1.96 bits per heavy atom. The molecule has 1 aromatic carbocycles. The summed E-state index contributed by atoms with van der Waals surface area (Å²) >= 11 is 0. The maximum Gasteiger partial charge on any atom is 0.339 e. The van der Waals surface area contributed by atoms with Gasteiger partial charge in [-0.2, -0.15) is 5.10 Å². The Kier molecular flexibility index (Phi) is 4.79. The van der Waals surface area contributed by atoms with Crippen molar-refractivity contribution >= 4 is 22.8 Å². The summed E-state index contributed by atoms with van der Waals surface area (Å²) in [5.74, 6) is -1.92. The first-order chi connectivity index (χ1) is 12.4. The van der Waals surface area contributed by atoms with E-state index in [9.17, 15) is 14.0 Å². The van der Waals surface area contributed by atoms with Crippen molar-refractivity contribution in [3.05, 3.63) is 59.2 Å². The number of carbonyl (C=O) groups is 2. The van der Waals surface area contributed by atoms with Gasteiger partial charge in [-0.05, 0) is 39.0 Å². The quantitative estimate of drug-likeness (QED) is 0.517. The molecule has 0 saturated carbocycles. The number of aryl methyl sites for hydroxylation is 1. The van der Waals surface area contributed by atoms with Crippen LogP contribution < -0.4 is 0 Å². The highest BCUT2D eigenvalue weighted by molar-refractivity contribution is 6.04. The fourth-order valence-corrected chi connectivity index (χ4v) is 2.66. The average Bonchev–Trinajstić information content (AvgIpc) is 3.03. The molecular weight excluding hydrogens is 337 g/mol. The number of esters is 1. The number of pyridine rings is 1. The first-order valence-corrected chi connectivity index (χ1v) is 8.18. The summed E-state index contributed by atoms with van der Waals surface area (Å²) in [6.07, 6.45) is 1.55. The first kappa shape index (κ1) is 17.7. The van der Waals surface area contributed by atoms with Gasteiger partial charge in [-0.3, -0.25) is 4.79 Å². The van der Waals surface area contributed by atoms with Crippen LogP contribution in [0.2, 0.25) is 0 Å². The van der Waals surface area contributed by atoms with E-state index in [2.05, 4.69) is 10.1 Å². The summed E-state index contributed by atoms with van der Waals surface area (Å²) in [7, 11) is 0. The summed E-state index contributed by atoms with van der Waals surface area (Å²) in [5.41, 5.74) is 1.38. The van der Waals surface area contributed by atoms with E-state index in [0.29, 0.717) is 16.7 Å². The number of hydrogen-bond acceptors (Lipinski definition) is 5. The van der Waals surface area contributed by atoms with Gasteiger partial charge in [0.1, 0.15) is 5.82 Å². The van der Waals surface area contributed by atoms with Gasteiger partial charge in [0.25, 0.3) is 0 Å². The number of hydrogen-bond donors (Lipinski definition) is 0. The molecule has 0 unspecified atom stereocenters. The Hall–Kier alpha value is -3.09. The lowest BCUT2D eigenvalue weighted by atomic mass is 10.1. The molecule has 26 heavy (non-hydrogen) atoms.